The summed E-state index contributed by atoms with van der Waals surface area (Å²) in [5, 5.41) is 7.23. The smallest absolute Gasteiger partial charge is 0.271 e. The number of methoxy groups -OCH3 is 1. The van der Waals surface area contributed by atoms with Crippen LogP contribution in [0.3, 0.4) is 0 Å². The molecule has 0 aromatic carbocycles. The van der Waals surface area contributed by atoms with E-state index in [0.717, 1.165) is 25.7 Å². The zero-order valence-electron chi connectivity index (χ0n) is 16.4. The fourth-order valence-electron chi connectivity index (χ4n) is 3.50. The molecule has 1 saturated carbocycles. The summed E-state index contributed by atoms with van der Waals surface area (Å²) in [6, 6.07) is 6.68. The van der Waals surface area contributed by atoms with E-state index in [4.69, 9.17) is 15.2 Å². The summed E-state index contributed by atoms with van der Waals surface area (Å²) in [6.45, 7) is 0. The average Bonchev–Trinajstić information content (AvgIpc) is 3.19. The van der Waals surface area contributed by atoms with Gasteiger partial charge in [0.25, 0.3) is 11.8 Å². The highest BCUT2D eigenvalue weighted by atomic mass is 16.5. The van der Waals surface area contributed by atoms with E-state index in [-0.39, 0.29) is 29.5 Å². The van der Waals surface area contributed by atoms with Gasteiger partial charge in [-0.2, -0.15) is 0 Å². The highest BCUT2D eigenvalue weighted by Gasteiger charge is 2.26. The van der Waals surface area contributed by atoms with Crippen LogP contribution >= 0.6 is 0 Å². The predicted molar refractivity (Wildman–Crippen MR) is 106 cm³/mol. The van der Waals surface area contributed by atoms with Crippen molar-refractivity contribution in [3.05, 3.63) is 47.9 Å². The molecule has 0 aliphatic heterocycles. The van der Waals surface area contributed by atoms with Gasteiger partial charge in [0.05, 0.1) is 13.3 Å². The molecule has 1 aliphatic carbocycles. The Morgan fingerprint density at radius 2 is 2.00 bits per heavy atom. The Morgan fingerprint density at radius 3 is 2.73 bits per heavy atom. The van der Waals surface area contributed by atoms with E-state index in [1.165, 1.54) is 11.6 Å². The largest absolute Gasteiger partial charge is 0.480 e. The zero-order chi connectivity index (χ0) is 21.1. The van der Waals surface area contributed by atoms with Gasteiger partial charge in [-0.25, -0.2) is 14.5 Å². The van der Waals surface area contributed by atoms with E-state index < -0.39 is 5.91 Å². The second-order valence-corrected chi connectivity index (χ2v) is 7.09. The van der Waals surface area contributed by atoms with E-state index in [9.17, 15) is 9.59 Å². The lowest BCUT2D eigenvalue weighted by molar-refractivity contribution is 0.0877. The van der Waals surface area contributed by atoms with Crippen molar-refractivity contribution in [1.82, 2.24) is 24.9 Å². The summed E-state index contributed by atoms with van der Waals surface area (Å²) in [4.78, 5) is 32.5. The van der Waals surface area contributed by atoms with Gasteiger partial charge in [0, 0.05) is 18.3 Å². The number of pyridine rings is 1. The van der Waals surface area contributed by atoms with Crippen LogP contribution in [0.15, 0.2) is 36.7 Å². The van der Waals surface area contributed by atoms with Crippen LogP contribution < -0.4 is 20.5 Å². The molecule has 0 saturated heterocycles. The molecule has 1 fully saturated rings. The van der Waals surface area contributed by atoms with Crippen LogP contribution in [0.2, 0.25) is 0 Å². The molecule has 3 aromatic rings. The summed E-state index contributed by atoms with van der Waals surface area (Å²) in [5.41, 5.74) is 6.51. The van der Waals surface area contributed by atoms with Gasteiger partial charge in [0.1, 0.15) is 17.4 Å². The third-order valence-electron chi connectivity index (χ3n) is 5.06. The van der Waals surface area contributed by atoms with Crippen LogP contribution in [0.1, 0.15) is 46.5 Å². The van der Waals surface area contributed by atoms with Crippen molar-refractivity contribution in [3.8, 4) is 11.8 Å². The number of rotatable bonds is 6. The van der Waals surface area contributed by atoms with Crippen molar-refractivity contribution in [1.29, 1.82) is 0 Å². The maximum absolute atomic E-state index is 12.6. The standard InChI is InChI=1S/C20H22N6O4/c1-29-17-9-8-16-24-15(11-26(16)25-17)19(28)23-12-4-6-13(7-5-12)30-20-14(18(21)27)3-2-10-22-20/h2-3,8-13H,4-7H2,1H3,(H2,21,27)(H,23,28)/t12-,13-. The van der Waals surface area contributed by atoms with Gasteiger partial charge in [-0.05, 0) is 43.9 Å². The number of nitrogens with zero attached hydrogens (tertiary/aromatic N) is 4. The van der Waals surface area contributed by atoms with Gasteiger partial charge in [0.2, 0.25) is 11.8 Å². The van der Waals surface area contributed by atoms with Crippen LogP contribution in [-0.4, -0.2) is 50.7 Å². The summed E-state index contributed by atoms with van der Waals surface area (Å²) < 4.78 is 12.5. The van der Waals surface area contributed by atoms with Crippen molar-refractivity contribution in [2.24, 2.45) is 5.73 Å². The molecule has 0 bridgehead atoms. The van der Waals surface area contributed by atoms with Gasteiger partial charge in [-0.15, -0.1) is 5.10 Å². The number of primary amides is 1. The molecule has 0 radical (unpaired) electrons. The lowest BCUT2D eigenvalue weighted by Crippen LogP contribution is -2.40. The minimum atomic E-state index is -0.571. The summed E-state index contributed by atoms with van der Waals surface area (Å²) in [7, 11) is 1.53. The highest BCUT2D eigenvalue weighted by molar-refractivity contribution is 5.95. The minimum Gasteiger partial charge on any atom is -0.480 e. The maximum atomic E-state index is 12.6. The SMILES string of the molecule is COc1ccc2nc(C(=O)N[C@H]3CC[C@H](Oc4ncccc4C(N)=O)CC3)cn2n1. The molecule has 3 heterocycles. The quantitative estimate of drug-likeness (QED) is 0.626. The van der Waals surface area contributed by atoms with Crippen molar-refractivity contribution in [2.45, 2.75) is 37.8 Å². The number of nitrogens with one attached hydrogen (secondary N) is 1. The highest BCUT2D eigenvalue weighted by Crippen LogP contribution is 2.25. The monoisotopic (exact) mass is 410 g/mol. The van der Waals surface area contributed by atoms with Crippen molar-refractivity contribution < 1.29 is 19.1 Å². The van der Waals surface area contributed by atoms with Crippen LogP contribution in [0.5, 0.6) is 11.8 Å². The number of carbonyl (C=O) groups is 2. The van der Waals surface area contributed by atoms with Crippen LogP contribution in [0.4, 0.5) is 0 Å². The minimum absolute atomic E-state index is 0.0176. The number of hydrogen-bond acceptors (Lipinski definition) is 7. The van der Waals surface area contributed by atoms with E-state index in [1.54, 1.807) is 36.7 Å². The fraction of sp³-hybridized carbons (Fsp3) is 0.350. The van der Waals surface area contributed by atoms with Crippen LogP contribution in [0.25, 0.3) is 5.65 Å². The molecule has 30 heavy (non-hydrogen) atoms. The Balaban J connectivity index is 1.34. The number of amides is 2. The Hall–Kier alpha value is -3.69. The Labute approximate surface area is 172 Å². The second kappa shape index (κ2) is 8.36. The van der Waals surface area contributed by atoms with Crippen LogP contribution in [0, 0.1) is 0 Å². The first-order valence-corrected chi connectivity index (χ1v) is 9.66. The Bertz CT molecular complexity index is 1070. The molecular weight excluding hydrogens is 388 g/mol. The summed E-state index contributed by atoms with van der Waals surface area (Å²) in [5.74, 6) is -0.120. The van der Waals surface area contributed by atoms with E-state index >= 15 is 0 Å². The molecule has 3 aromatic heterocycles. The zero-order valence-corrected chi connectivity index (χ0v) is 16.4. The van der Waals surface area contributed by atoms with E-state index in [0.29, 0.717) is 17.2 Å². The number of carbonyl (C=O) groups excluding carboxylic acids is 2. The number of ether oxygens (including phenoxy) is 2. The van der Waals surface area contributed by atoms with Crippen LogP contribution in [-0.2, 0) is 0 Å². The molecule has 0 atom stereocenters. The maximum Gasteiger partial charge on any atom is 0.271 e. The van der Waals surface area contributed by atoms with Gasteiger partial charge >= 0.3 is 0 Å². The van der Waals surface area contributed by atoms with Gasteiger partial charge < -0.3 is 20.5 Å². The Morgan fingerprint density at radius 1 is 1.20 bits per heavy atom. The second-order valence-electron chi connectivity index (χ2n) is 7.09. The normalized spacial score (nSPS) is 18.7. The number of nitrogens with two attached hydrogens (primary N) is 1. The average molecular weight is 410 g/mol. The fourth-order valence-corrected chi connectivity index (χ4v) is 3.50. The van der Waals surface area contributed by atoms with Crippen molar-refractivity contribution in [3.63, 3.8) is 0 Å². The number of aromatic nitrogens is 4. The molecular formula is C20H22N6O4. The molecule has 2 amide bonds. The molecule has 0 spiro atoms. The lowest BCUT2D eigenvalue weighted by Gasteiger charge is -2.29. The number of fused-ring (bicyclic) bond motifs is 1. The molecule has 0 unspecified atom stereocenters. The van der Waals surface area contributed by atoms with E-state index in [2.05, 4.69) is 20.4 Å². The topological polar surface area (TPSA) is 134 Å². The summed E-state index contributed by atoms with van der Waals surface area (Å²) >= 11 is 0. The first-order chi connectivity index (χ1) is 14.5. The van der Waals surface area contributed by atoms with Gasteiger partial charge in [0.15, 0.2) is 5.65 Å². The van der Waals surface area contributed by atoms with Crippen molar-refractivity contribution in [2.75, 3.05) is 7.11 Å². The number of hydrogen-bond donors (Lipinski definition) is 2. The van der Waals surface area contributed by atoms with Crippen molar-refractivity contribution >= 4 is 17.5 Å². The predicted octanol–water partition coefficient (Wildman–Crippen LogP) is 1.35. The Kier molecular flexibility index (Phi) is 5.46. The van der Waals surface area contributed by atoms with Gasteiger partial charge in [-0.3, -0.25) is 9.59 Å². The summed E-state index contributed by atoms with van der Waals surface area (Å²) in [6.07, 6.45) is 6.00. The molecule has 156 valence electrons. The molecule has 4 rings (SSSR count). The lowest BCUT2D eigenvalue weighted by atomic mass is 9.93. The third kappa shape index (κ3) is 4.17. The van der Waals surface area contributed by atoms with Gasteiger partial charge in [-0.1, -0.05) is 0 Å². The first kappa shape index (κ1) is 19.6. The third-order valence-corrected chi connectivity index (χ3v) is 5.06. The molecule has 10 nitrogen and oxygen atoms in total. The first-order valence-electron chi connectivity index (χ1n) is 9.66. The molecule has 3 N–H and O–H groups in total. The molecule has 1 aliphatic rings. The van der Waals surface area contributed by atoms with E-state index in [1.807, 2.05) is 0 Å². The number of imidazole rings is 1. The molecule has 10 heteroatoms.